The fraction of sp³-hybridized carbons (Fsp3) is 0.400. The summed E-state index contributed by atoms with van der Waals surface area (Å²) in [5, 5.41) is 0. The highest BCUT2D eigenvalue weighted by atomic mass is 32.2. The van der Waals surface area contributed by atoms with Crippen LogP contribution in [0.5, 0.6) is 0 Å². The van der Waals surface area contributed by atoms with Crippen LogP contribution in [-0.4, -0.2) is 26.0 Å². The Hall–Kier alpha value is -2.19. The highest BCUT2D eigenvalue weighted by Gasteiger charge is 2.19. The van der Waals surface area contributed by atoms with Gasteiger partial charge in [-0.25, -0.2) is 8.42 Å². The predicted octanol–water partition coefficient (Wildman–Crippen LogP) is 2.95. The SMILES string of the molecule is Cc1ccc(S(=O)(=O)CCC(=O)NNC(=O)c2cc3c(s2)CCCCC3)cc1. The van der Waals surface area contributed by atoms with Crippen LogP contribution in [-0.2, 0) is 27.5 Å². The van der Waals surface area contributed by atoms with Crippen LogP contribution in [0, 0.1) is 6.92 Å². The van der Waals surface area contributed by atoms with Gasteiger partial charge in [-0.05, 0) is 56.4 Å². The Kier molecular flexibility index (Phi) is 6.51. The monoisotopic (exact) mass is 420 g/mol. The molecule has 3 rings (SSSR count). The highest BCUT2D eigenvalue weighted by molar-refractivity contribution is 7.91. The molecule has 6 nitrogen and oxygen atoms in total. The zero-order valence-electron chi connectivity index (χ0n) is 15.8. The van der Waals surface area contributed by atoms with E-state index in [1.165, 1.54) is 40.3 Å². The van der Waals surface area contributed by atoms with E-state index in [9.17, 15) is 18.0 Å². The van der Waals surface area contributed by atoms with Crippen LogP contribution in [0.15, 0.2) is 35.2 Å². The van der Waals surface area contributed by atoms with Crippen LogP contribution in [0.2, 0.25) is 0 Å². The van der Waals surface area contributed by atoms with Gasteiger partial charge in [-0.1, -0.05) is 24.1 Å². The van der Waals surface area contributed by atoms with Gasteiger partial charge in [-0.15, -0.1) is 11.3 Å². The molecule has 0 unspecified atom stereocenters. The normalized spacial score (nSPS) is 14.0. The van der Waals surface area contributed by atoms with Crippen molar-refractivity contribution in [1.29, 1.82) is 0 Å². The largest absolute Gasteiger partial charge is 0.279 e. The summed E-state index contributed by atoms with van der Waals surface area (Å²) in [6, 6.07) is 8.40. The molecule has 1 aliphatic rings. The molecule has 8 heteroatoms. The van der Waals surface area contributed by atoms with Gasteiger partial charge in [-0.3, -0.25) is 20.4 Å². The number of sulfone groups is 1. The molecule has 0 fully saturated rings. The second-order valence-electron chi connectivity index (χ2n) is 7.00. The average Bonchev–Trinajstić information content (AvgIpc) is 2.95. The maximum Gasteiger partial charge on any atom is 0.279 e. The van der Waals surface area contributed by atoms with Crippen molar-refractivity contribution < 1.29 is 18.0 Å². The Balaban J connectivity index is 1.50. The van der Waals surface area contributed by atoms with Crippen LogP contribution in [0.4, 0.5) is 0 Å². The predicted molar refractivity (Wildman–Crippen MR) is 109 cm³/mol. The molecule has 28 heavy (non-hydrogen) atoms. The van der Waals surface area contributed by atoms with Gasteiger partial charge in [0.05, 0.1) is 15.5 Å². The Morgan fingerprint density at radius 3 is 2.50 bits per heavy atom. The van der Waals surface area contributed by atoms with Crippen molar-refractivity contribution in [3.63, 3.8) is 0 Å². The topological polar surface area (TPSA) is 92.3 Å². The number of nitrogens with one attached hydrogen (secondary N) is 2. The maximum atomic E-state index is 12.3. The number of carbonyl (C=O) groups is 2. The molecule has 1 aromatic carbocycles. The molecule has 1 aromatic heterocycles. The molecule has 0 spiro atoms. The number of hydrogen-bond acceptors (Lipinski definition) is 5. The summed E-state index contributed by atoms with van der Waals surface area (Å²) in [5.41, 5.74) is 6.88. The van der Waals surface area contributed by atoms with Crippen molar-refractivity contribution in [2.45, 2.75) is 50.3 Å². The minimum atomic E-state index is -3.54. The van der Waals surface area contributed by atoms with E-state index in [2.05, 4.69) is 10.9 Å². The molecule has 0 radical (unpaired) electrons. The zero-order chi connectivity index (χ0) is 20.1. The summed E-state index contributed by atoms with van der Waals surface area (Å²) in [6.45, 7) is 1.87. The van der Waals surface area contributed by atoms with Gasteiger partial charge in [0.25, 0.3) is 5.91 Å². The van der Waals surface area contributed by atoms with Crippen LogP contribution in [0.25, 0.3) is 0 Å². The van der Waals surface area contributed by atoms with Crippen molar-refractivity contribution in [1.82, 2.24) is 10.9 Å². The zero-order valence-corrected chi connectivity index (χ0v) is 17.4. The molecule has 0 saturated carbocycles. The lowest BCUT2D eigenvalue weighted by Crippen LogP contribution is -2.41. The van der Waals surface area contributed by atoms with E-state index in [-0.39, 0.29) is 23.0 Å². The maximum absolute atomic E-state index is 12.3. The molecule has 150 valence electrons. The fourth-order valence-corrected chi connectivity index (χ4v) is 5.51. The van der Waals surface area contributed by atoms with Gasteiger partial charge in [-0.2, -0.15) is 0 Å². The minimum Gasteiger partial charge on any atom is -0.273 e. The third kappa shape index (κ3) is 5.20. The summed E-state index contributed by atoms with van der Waals surface area (Å²) in [7, 11) is -3.54. The molecular weight excluding hydrogens is 396 g/mol. The smallest absolute Gasteiger partial charge is 0.273 e. The quantitative estimate of drug-likeness (QED) is 0.575. The van der Waals surface area contributed by atoms with Crippen molar-refractivity contribution >= 4 is 33.0 Å². The summed E-state index contributed by atoms with van der Waals surface area (Å²) in [5.74, 6) is -1.22. The number of hydrazine groups is 1. The first-order valence-electron chi connectivity index (χ1n) is 9.35. The molecule has 0 aliphatic heterocycles. The lowest BCUT2D eigenvalue weighted by molar-refractivity contribution is -0.121. The van der Waals surface area contributed by atoms with Crippen LogP contribution < -0.4 is 10.9 Å². The molecule has 0 saturated heterocycles. The van der Waals surface area contributed by atoms with E-state index in [1.54, 1.807) is 12.1 Å². The van der Waals surface area contributed by atoms with E-state index in [0.29, 0.717) is 4.88 Å². The molecule has 1 heterocycles. The number of fused-ring (bicyclic) bond motifs is 1. The first kappa shape index (κ1) is 20.5. The van der Waals surface area contributed by atoms with Gasteiger partial charge in [0.1, 0.15) is 0 Å². The number of thiophene rings is 1. The number of rotatable bonds is 5. The third-order valence-electron chi connectivity index (χ3n) is 4.76. The summed E-state index contributed by atoms with van der Waals surface area (Å²) >= 11 is 1.47. The van der Waals surface area contributed by atoms with E-state index in [1.807, 2.05) is 13.0 Å². The summed E-state index contributed by atoms with van der Waals surface area (Å²) in [6.07, 6.45) is 5.25. The van der Waals surface area contributed by atoms with E-state index in [0.717, 1.165) is 31.2 Å². The lowest BCUT2D eigenvalue weighted by Gasteiger charge is -2.07. The lowest BCUT2D eigenvalue weighted by atomic mass is 10.1. The second-order valence-corrected chi connectivity index (χ2v) is 10.2. The minimum absolute atomic E-state index is 0.190. The van der Waals surface area contributed by atoms with Crippen LogP contribution >= 0.6 is 11.3 Å². The Morgan fingerprint density at radius 2 is 1.75 bits per heavy atom. The average molecular weight is 421 g/mol. The van der Waals surface area contributed by atoms with Crippen molar-refractivity contribution in [3.8, 4) is 0 Å². The molecular formula is C20H24N2O4S2. The second kappa shape index (κ2) is 8.87. The van der Waals surface area contributed by atoms with Crippen molar-refractivity contribution in [2.24, 2.45) is 0 Å². The molecule has 2 N–H and O–H groups in total. The first-order chi connectivity index (χ1) is 13.3. The number of aryl methyl sites for hydroxylation is 3. The Morgan fingerprint density at radius 1 is 1.04 bits per heavy atom. The third-order valence-corrected chi connectivity index (χ3v) is 7.73. The summed E-state index contributed by atoms with van der Waals surface area (Å²) in [4.78, 5) is 26.2. The molecule has 2 aromatic rings. The molecule has 2 amide bonds. The molecule has 0 bridgehead atoms. The van der Waals surface area contributed by atoms with Gasteiger partial charge >= 0.3 is 0 Å². The van der Waals surface area contributed by atoms with Gasteiger partial charge in [0, 0.05) is 11.3 Å². The first-order valence-corrected chi connectivity index (χ1v) is 11.8. The number of hydrogen-bond donors (Lipinski definition) is 2. The Bertz CT molecular complexity index is 939. The molecule has 1 aliphatic carbocycles. The van der Waals surface area contributed by atoms with Crippen molar-refractivity contribution in [3.05, 3.63) is 51.2 Å². The van der Waals surface area contributed by atoms with E-state index in [4.69, 9.17) is 0 Å². The summed E-state index contributed by atoms with van der Waals surface area (Å²) < 4.78 is 24.6. The van der Waals surface area contributed by atoms with Gasteiger partial charge < -0.3 is 0 Å². The number of amides is 2. The number of carbonyl (C=O) groups excluding carboxylic acids is 2. The van der Waals surface area contributed by atoms with Gasteiger partial charge in [0.2, 0.25) is 5.91 Å². The molecule has 0 atom stereocenters. The highest BCUT2D eigenvalue weighted by Crippen LogP contribution is 2.28. The van der Waals surface area contributed by atoms with Gasteiger partial charge in [0.15, 0.2) is 9.84 Å². The standard InChI is InChI=1S/C20H24N2O4S2/c1-14-7-9-16(10-8-14)28(25,26)12-11-19(23)21-22-20(24)18-13-15-5-3-2-4-6-17(15)27-18/h7-10,13H,2-6,11-12H2,1H3,(H,21,23)(H,22,24). The van der Waals surface area contributed by atoms with Crippen LogP contribution in [0.3, 0.4) is 0 Å². The van der Waals surface area contributed by atoms with Crippen molar-refractivity contribution in [2.75, 3.05) is 5.75 Å². The van der Waals surface area contributed by atoms with Crippen LogP contribution in [0.1, 0.15) is 51.4 Å². The number of benzene rings is 1. The van der Waals surface area contributed by atoms with E-state index < -0.39 is 15.7 Å². The van der Waals surface area contributed by atoms with E-state index >= 15 is 0 Å². The fourth-order valence-electron chi connectivity index (χ4n) is 3.12. The Labute approximate surface area is 169 Å².